The minimum Gasteiger partial charge on any atom is -0.479 e. The van der Waals surface area contributed by atoms with Crippen LogP contribution in [0.5, 0.6) is 0 Å². The van der Waals surface area contributed by atoms with E-state index in [4.69, 9.17) is 10.2 Å². The highest BCUT2D eigenvalue weighted by atomic mass is 16.7. The van der Waals surface area contributed by atoms with Gasteiger partial charge in [0.25, 0.3) is 0 Å². The van der Waals surface area contributed by atoms with E-state index in [-0.39, 0.29) is 0 Å². The topological polar surface area (TPSA) is 96.2 Å². The van der Waals surface area contributed by atoms with E-state index in [9.17, 15) is 9.70 Å². The van der Waals surface area contributed by atoms with Gasteiger partial charge in [-0.05, 0) is 19.8 Å². The first-order valence-corrected chi connectivity index (χ1v) is 5.91. The Kier molecular flexibility index (Phi) is 15.9. The van der Waals surface area contributed by atoms with Crippen LogP contribution in [0, 0.1) is 4.91 Å². The maximum absolute atomic E-state index is 9.47. The average molecular weight is 249 g/mol. The molecule has 0 aromatic carbocycles. The quantitative estimate of drug-likeness (QED) is 0.372. The van der Waals surface area contributed by atoms with Crippen LogP contribution >= 0.6 is 0 Å². The number of hydrogen-bond acceptors (Lipinski definition) is 5. The molecule has 0 rings (SSSR count). The second kappa shape index (κ2) is 14.8. The highest BCUT2D eigenvalue weighted by Crippen LogP contribution is 2.04. The SMILES string of the molecule is CC(O)C(=O)O.CCCCCCCCON=O. The van der Waals surface area contributed by atoms with Crippen molar-refractivity contribution >= 4 is 5.97 Å². The van der Waals surface area contributed by atoms with Crippen LogP contribution < -0.4 is 0 Å². The van der Waals surface area contributed by atoms with Crippen molar-refractivity contribution in [3.05, 3.63) is 4.91 Å². The zero-order valence-electron chi connectivity index (χ0n) is 10.6. The largest absolute Gasteiger partial charge is 0.479 e. The molecule has 0 radical (unpaired) electrons. The van der Waals surface area contributed by atoms with Gasteiger partial charge in [0, 0.05) is 0 Å². The first-order valence-electron chi connectivity index (χ1n) is 5.91. The highest BCUT2D eigenvalue weighted by Gasteiger charge is 2.01. The minimum atomic E-state index is -1.23. The molecule has 0 saturated heterocycles. The summed E-state index contributed by atoms with van der Waals surface area (Å²) in [5.41, 5.74) is 0. The minimum absolute atomic E-state index is 0.482. The number of aliphatic hydroxyl groups excluding tert-OH is 1. The van der Waals surface area contributed by atoms with Crippen molar-refractivity contribution in [1.29, 1.82) is 0 Å². The molecule has 6 nitrogen and oxygen atoms in total. The molecule has 1 atom stereocenters. The number of aliphatic carboxylic acids is 1. The van der Waals surface area contributed by atoms with Crippen molar-refractivity contribution in [1.82, 2.24) is 0 Å². The van der Waals surface area contributed by atoms with E-state index in [1.54, 1.807) is 0 Å². The van der Waals surface area contributed by atoms with Gasteiger partial charge in [0.05, 0.1) is 0 Å². The van der Waals surface area contributed by atoms with Crippen molar-refractivity contribution in [3.8, 4) is 0 Å². The predicted molar refractivity (Wildman–Crippen MR) is 64.4 cm³/mol. The summed E-state index contributed by atoms with van der Waals surface area (Å²) in [4.78, 5) is 23.2. The molecule has 102 valence electrons. The molecule has 6 heteroatoms. The van der Waals surface area contributed by atoms with Crippen molar-refractivity contribution in [3.63, 3.8) is 0 Å². The van der Waals surface area contributed by atoms with Crippen molar-refractivity contribution < 1.29 is 19.8 Å². The molecule has 0 aliphatic carbocycles. The van der Waals surface area contributed by atoms with Crippen LogP contribution in [0.1, 0.15) is 52.4 Å². The highest BCUT2D eigenvalue weighted by molar-refractivity contribution is 5.71. The maximum atomic E-state index is 9.47. The van der Waals surface area contributed by atoms with Crippen LogP contribution in [0.2, 0.25) is 0 Å². The fourth-order valence-electron chi connectivity index (χ4n) is 0.984. The Bertz CT molecular complexity index is 185. The molecule has 2 N–H and O–H groups in total. The number of carboxylic acid groups (broad SMARTS) is 1. The Morgan fingerprint density at radius 2 is 1.71 bits per heavy atom. The van der Waals surface area contributed by atoms with Gasteiger partial charge in [-0.3, -0.25) is 0 Å². The second-order valence-corrected chi connectivity index (χ2v) is 3.69. The van der Waals surface area contributed by atoms with Gasteiger partial charge in [0.1, 0.15) is 12.7 Å². The lowest BCUT2D eigenvalue weighted by atomic mass is 10.1. The summed E-state index contributed by atoms with van der Waals surface area (Å²) in [6.45, 7) is 3.87. The predicted octanol–water partition coefficient (Wildman–Crippen LogP) is 2.50. The van der Waals surface area contributed by atoms with Gasteiger partial charge >= 0.3 is 5.97 Å². The number of rotatable bonds is 9. The lowest BCUT2D eigenvalue weighted by Crippen LogP contribution is -2.13. The molecule has 0 bridgehead atoms. The molecule has 17 heavy (non-hydrogen) atoms. The lowest BCUT2D eigenvalue weighted by molar-refractivity contribution is -0.145. The molecule has 0 fully saturated rings. The van der Waals surface area contributed by atoms with Crippen LogP contribution in [-0.2, 0) is 9.63 Å². The fraction of sp³-hybridized carbons (Fsp3) is 0.909. The molecule has 0 saturated carbocycles. The van der Waals surface area contributed by atoms with Crippen LogP contribution in [0.3, 0.4) is 0 Å². The number of unbranched alkanes of at least 4 members (excludes halogenated alkanes) is 5. The van der Waals surface area contributed by atoms with Gasteiger partial charge in [-0.15, -0.1) is 4.91 Å². The molecule has 0 aromatic heterocycles. The smallest absolute Gasteiger partial charge is 0.332 e. The molecule has 1 unspecified atom stereocenters. The van der Waals surface area contributed by atoms with Crippen molar-refractivity contribution in [2.24, 2.45) is 5.34 Å². The van der Waals surface area contributed by atoms with Crippen LogP contribution in [-0.4, -0.2) is 28.9 Å². The Labute approximate surface area is 102 Å². The molecule has 0 spiro atoms. The molecule has 0 heterocycles. The van der Waals surface area contributed by atoms with E-state index >= 15 is 0 Å². The molecule has 0 aromatic rings. The number of nitrogens with zero attached hydrogens (tertiary/aromatic N) is 1. The third kappa shape index (κ3) is 20.8. The fourth-order valence-corrected chi connectivity index (χ4v) is 0.984. The number of carbonyl (C=O) groups is 1. The summed E-state index contributed by atoms with van der Waals surface area (Å²) in [5.74, 6) is -1.19. The lowest BCUT2D eigenvalue weighted by Gasteiger charge is -1.97. The Hall–Kier alpha value is -1.17. The van der Waals surface area contributed by atoms with E-state index in [1.165, 1.54) is 32.6 Å². The van der Waals surface area contributed by atoms with Gasteiger partial charge in [-0.25, -0.2) is 4.79 Å². The monoisotopic (exact) mass is 249 g/mol. The molecule has 0 aliphatic rings. The van der Waals surface area contributed by atoms with Crippen LogP contribution in [0.25, 0.3) is 0 Å². The summed E-state index contributed by atoms with van der Waals surface area (Å²) in [6, 6.07) is 0. The zero-order valence-corrected chi connectivity index (χ0v) is 10.6. The molecule has 0 amide bonds. The van der Waals surface area contributed by atoms with Gasteiger partial charge < -0.3 is 15.1 Å². The summed E-state index contributed by atoms with van der Waals surface area (Å²) in [5, 5.41) is 18.1. The summed E-state index contributed by atoms with van der Waals surface area (Å²) < 4.78 is 0. The van der Waals surface area contributed by atoms with Crippen LogP contribution in [0.4, 0.5) is 0 Å². The maximum Gasteiger partial charge on any atom is 0.332 e. The number of hydrogen-bond donors (Lipinski definition) is 2. The Balaban J connectivity index is 0. The molecular weight excluding hydrogens is 226 g/mol. The Morgan fingerprint density at radius 3 is 2.12 bits per heavy atom. The van der Waals surface area contributed by atoms with E-state index in [0.29, 0.717) is 6.61 Å². The van der Waals surface area contributed by atoms with Crippen molar-refractivity contribution in [2.45, 2.75) is 58.5 Å². The third-order valence-electron chi connectivity index (χ3n) is 2.00. The normalized spacial score (nSPS) is 11.0. The van der Waals surface area contributed by atoms with E-state index in [0.717, 1.165) is 12.8 Å². The summed E-state index contributed by atoms with van der Waals surface area (Å²) >= 11 is 0. The van der Waals surface area contributed by atoms with Gasteiger partial charge in [0.15, 0.2) is 5.34 Å². The Morgan fingerprint density at radius 1 is 1.24 bits per heavy atom. The third-order valence-corrected chi connectivity index (χ3v) is 2.00. The second-order valence-electron chi connectivity index (χ2n) is 3.69. The zero-order chi connectivity index (χ0) is 13.5. The van der Waals surface area contributed by atoms with Gasteiger partial charge in [0.2, 0.25) is 0 Å². The average Bonchev–Trinajstić information content (AvgIpc) is 2.29. The van der Waals surface area contributed by atoms with E-state index in [2.05, 4.69) is 17.1 Å². The van der Waals surface area contributed by atoms with Gasteiger partial charge in [-0.1, -0.05) is 32.6 Å². The molecule has 0 aliphatic heterocycles. The summed E-state index contributed by atoms with van der Waals surface area (Å²) in [7, 11) is 0. The van der Waals surface area contributed by atoms with E-state index in [1.807, 2.05) is 0 Å². The first kappa shape index (κ1) is 18.2. The number of aliphatic hydroxyl groups is 1. The summed E-state index contributed by atoms with van der Waals surface area (Å²) in [6.07, 6.45) is 6.00. The molecular formula is C11H23NO5. The van der Waals surface area contributed by atoms with Gasteiger partial charge in [-0.2, -0.15) is 0 Å². The number of carboxylic acids is 1. The standard InChI is InChI=1S/C8H17NO2.C3H6O3/c1-2-3-4-5-6-7-8-11-9-10;1-2(4)3(5)6/h2-8H2,1H3;2,4H,1H3,(H,5,6). The van der Waals surface area contributed by atoms with Crippen LogP contribution in [0.15, 0.2) is 5.34 Å². The first-order chi connectivity index (χ1) is 8.06. The van der Waals surface area contributed by atoms with E-state index < -0.39 is 12.1 Å². The van der Waals surface area contributed by atoms with Crippen molar-refractivity contribution in [2.75, 3.05) is 6.61 Å².